The first-order valence-corrected chi connectivity index (χ1v) is 9.13. The molecule has 0 spiro atoms. The number of anilines is 1. The molecule has 31 heavy (non-hydrogen) atoms. The fourth-order valence-corrected chi connectivity index (χ4v) is 2.54. The largest absolute Gasteiger partial charge is 0.493 e. The molecule has 166 valence electrons. The molecule has 0 bridgehead atoms. The van der Waals surface area contributed by atoms with Gasteiger partial charge in [0.05, 0.1) is 21.3 Å². The van der Waals surface area contributed by atoms with Crippen molar-refractivity contribution in [1.82, 2.24) is 5.32 Å². The number of carbonyl (C=O) groups is 3. The molecule has 0 saturated heterocycles. The summed E-state index contributed by atoms with van der Waals surface area (Å²) in [6.07, 6.45) is -1.13. The molecule has 0 aliphatic rings. The number of benzene rings is 2. The Balaban J connectivity index is 1.92. The Morgan fingerprint density at radius 1 is 0.968 bits per heavy atom. The molecule has 2 aromatic rings. The van der Waals surface area contributed by atoms with Gasteiger partial charge in [0.15, 0.2) is 17.6 Å². The van der Waals surface area contributed by atoms with Gasteiger partial charge in [-0.15, -0.1) is 0 Å². The molecule has 0 radical (unpaired) electrons. The molecule has 2 N–H and O–H groups in total. The highest BCUT2D eigenvalue weighted by molar-refractivity contribution is 5.98. The average molecular weight is 434 g/mol. The van der Waals surface area contributed by atoms with Crippen molar-refractivity contribution in [2.45, 2.75) is 13.0 Å². The van der Waals surface area contributed by atoms with Crippen LogP contribution in [0.5, 0.6) is 17.2 Å². The number of carbonyl (C=O) groups excluding carboxylic acids is 3. The van der Waals surface area contributed by atoms with Gasteiger partial charge in [-0.1, -0.05) is 0 Å². The lowest BCUT2D eigenvalue weighted by molar-refractivity contribution is -0.152. The molecule has 0 aliphatic carbocycles. The number of hydrogen-bond acceptors (Lipinski definition) is 7. The van der Waals surface area contributed by atoms with Crippen molar-refractivity contribution in [3.63, 3.8) is 0 Å². The summed E-state index contributed by atoms with van der Waals surface area (Å²) in [6, 6.07) is 7.98. The first-order chi connectivity index (χ1) is 14.8. The number of hydrogen-bond donors (Lipinski definition) is 2. The number of nitrogens with one attached hydrogen (secondary N) is 2. The zero-order chi connectivity index (χ0) is 23.0. The van der Waals surface area contributed by atoms with Crippen LogP contribution in [-0.4, -0.2) is 51.8 Å². The van der Waals surface area contributed by atoms with Crippen LogP contribution in [0.3, 0.4) is 0 Å². The molecule has 2 aromatic carbocycles. The van der Waals surface area contributed by atoms with E-state index in [1.54, 1.807) is 0 Å². The summed E-state index contributed by atoms with van der Waals surface area (Å²) in [5, 5.41) is 4.89. The van der Waals surface area contributed by atoms with Crippen molar-refractivity contribution in [2.24, 2.45) is 0 Å². The summed E-state index contributed by atoms with van der Waals surface area (Å²) in [5.41, 5.74) is 0.523. The second kappa shape index (κ2) is 10.8. The summed E-state index contributed by atoms with van der Waals surface area (Å²) in [4.78, 5) is 36.5. The number of rotatable bonds is 9. The third kappa shape index (κ3) is 6.33. The van der Waals surface area contributed by atoms with E-state index in [0.717, 1.165) is 0 Å². The van der Waals surface area contributed by atoms with Gasteiger partial charge >= 0.3 is 5.97 Å². The first kappa shape index (κ1) is 23.5. The van der Waals surface area contributed by atoms with E-state index in [-0.39, 0.29) is 17.1 Å². The summed E-state index contributed by atoms with van der Waals surface area (Å²) in [7, 11) is 4.26. The summed E-state index contributed by atoms with van der Waals surface area (Å²) < 4.78 is 33.5. The smallest absolute Gasteiger partial charge is 0.326 e. The van der Waals surface area contributed by atoms with Gasteiger partial charge in [-0.3, -0.25) is 14.4 Å². The highest BCUT2D eigenvalue weighted by Gasteiger charge is 2.20. The summed E-state index contributed by atoms with van der Waals surface area (Å²) in [5.74, 6) is -1.57. The Kier molecular flexibility index (Phi) is 8.18. The van der Waals surface area contributed by atoms with Crippen LogP contribution in [0.1, 0.15) is 17.3 Å². The summed E-state index contributed by atoms with van der Waals surface area (Å²) in [6.45, 7) is 0.904. The molecule has 1 atom stereocenters. The SMILES string of the molecule is COc1cc(C(=O)NCC(=O)OC(C)C(=O)Nc2ccc(F)cc2)cc(OC)c1OC. The fourth-order valence-electron chi connectivity index (χ4n) is 2.54. The number of amides is 2. The Labute approximate surface area is 178 Å². The van der Waals surface area contributed by atoms with Crippen LogP contribution < -0.4 is 24.8 Å². The predicted octanol–water partition coefficient (Wildman–Crippen LogP) is 2.15. The minimum Gasteiger partial charge on any atom is -0.493 e. The molecule has 1 unspecified atom stereocenters. The van der Waals surface area contributed by atoms with Crippen LogP contribution >= 0.6 is 0 Å². The first-order valence-electron chi connectivity index (χ1n) is 9.13. The Morgan fingerprint density at radius 3 is 2.06 bits per heavy atom. The monoisotopic (exact) mass is 434 g/mol. The number of ether oxygens (including phenoxy) is 4. The normalized spacial score (nSPS) is 11.1. The van der Waals surface area contributed by atoms with Gasteiger partial charge in [0.2, 0.25) is 5.75 Å². The molecule has 0 aliphatic heterocycles. The predicted molar refractivity (Wildman–Crippen MR) is 109 cm³/mol. The van der Waals surface area contributed by atoms with E-state index < -0.39 is 36.2 Å². The van der Waals surface area contributed by atoms with Gasteiger partial charge in [-0.05, 0) is 43.3 Å². The Bertz CT molecular complexity index is 922. The molecule has 0 aromatic heterocycles. The van der Waals surface area contributed by atoms with Crippen molar-refractivity contribution < 1.29 is 37.7 Å². The molecule has 0 heterocycles. The van der Waals surface area contributed by atoms with Gasteiger partial charge in [-0.25, -0.2) is 4.39 Å². The number of halogens is 1. The van der Waals surface area contributed by atoms with Gasteiger partial charge in [0, 0.05) is 11.3 Å². The molecular formula is C21H23FN2O7. The van der Waals surface area contributed by atoms with Gasteiger partial charge in [-0.2, -0.15) is 0 Å². The number of methoxy groups -OCH3 is 3. The Morgan fingerprint density at radius 2 is 1.55 bits per heavy atom. The van der Waals surface area contributed by atoms with Crippen molar-refractivity contribution in [2.75, 3.05) is 33.2 Å². The van der Waals surface area contributed by atoms with E-state index in [1.807, 2.05) is 0 Å². The quantitative estimate of drug-likeness (QED) is 0.582. The van der Waals surface area contributed by atoms with E-state index >= 15 is 0 Å². The maximum atomic E-state index is 12.9. The maximum Gasteiger partial charge on any atom is 0.326 e. The van der Waals surface area contributed by atoms with E-state index in [0.29, 0.717) is 11.4 Å². The molecule has 0 fully saturated rings. The summed E-state index contributed by atoms with van der Waals surface area (Å²) >= 11 is 0. The van der Waals surface area contributed by atoms with Crippen LogP contribution in [0, 0.1) is 5.82 Å². The molecular weight excluding hydrogens is 411 g/mol. The lowest BCUT2D eigenvalue weighted by atomic mass is 10.1. The molecule has 0 saturated carbocycles. The zero-order valence-corrected chi connectivity index (χ0v) is 17.5. The lowest BCUT2D eigenvalue weighted by Crippen LogP contribution is -2.35. The van der Waals surface area contributed by atoms with Crippen LogP contribution in [0.4, 0.5) is 10.1 Å². The van der Waals surface area contributed by atoms with Gasteiger partial charge < -0.3 is 29.6 Å². The van der Waals surface area contributed by atoms with Crippen LogP contribution in [0.25, 0.3) is 0 Å². The Hall–Kier alpha value is -3.82. The van der Waals surface area contributed by atoms with Crippen molar-refractivity contribution in [3.8, 4) is 17.2 Å². The molecule has 2 rings (SSSR count). The van der Waals surface area contributed by atoms with E-state index in [1.165, 1.54) is 64.7 Å². The standard InChI is InChI=1S/C21H23FN2O7/c1-12(20(26)24-15-7-5-14(22)6-8-15)31-18(25)11-23-21(27)13-9-16(28-2)19(30-4)17(10-13)29-3/h5-10,12H,11H2,1-4H3,(H,23,27)(H,24,26). The van der Waals surface area contributed by atoms with Crippen LogP contribution in [0.2, 0.25) is 0 Å². The van der Waals surface area contributed by atoms with E-state index in [2.05, 4.69) is 10.6 Å². The minimum absolute atomic E-state index is 0.171. The van der Waals surface area contributed by atoms with Crippen LogP contribution in [0.15, 0.2) is 36.4 Å². The highest BCUT2D eigenvalue weighted by atomic mass is 19.1. The third-order valence-corrected chi connectivity index (χ3v) is 4.11. The molecule has 10 heteroatoms. The number of esters is 1. The van der Waals surface area contributed by atoms with Gasteiger partial charge in [0.25, 0.3) is 11.8 Å². The topological polar surface area (TPSA) is 112 Å². The van der Waals surface area contributed by atoms with E-state index in [4.69, 9.17) is 18.9 Å². The van der Waals surface area contributed by atoms with Crippen molar-refractivity contribution in [3.05, 3.63) is 47.8 Å². The van der Waals surface area contributed by atoms with Crippen molar-refractivity contribution >= 4 is 23.5 Å². The van der Waals surface area contributed by atoms with Crippen molar-refractivity contribution in [1.29, 1.82) is 0 Å². The lowest BCUT2D eigenvalue weighted by Gasteiger charge is -2.15. The highest BCUT2D eigenvalue weighted by Crippen LogP contribution is 2.38. The second-order valence-corrected chi connectivity index (χ2v) is 6.22. The zero-order valence-electron chi connectivity index (χ0n) is 17.5. The molecule has 2 amide bonds. The minimum atomic E-state index is -1.13. The third-order valence-electron chi connectivity index (χ3n) is 4.11. The fraction of sp³-hybridized carbons (Fsp3) is 0.286. The second-order valence-electron chi connectivity index (χ2n) is 6.22. The maximum absolute atomic E-state index is 12.9. The average Bonchev–Trinajstić information content (AvgIpc) is 2.77. The molecule has 9 nitrogen and oxygen atoms in total. The van der Waals surface area contributed by atoms with Gasteiger partial charge in [0.1, 0.15) is 12.4 Å². The van der Waals surface area contributed by atoms with E-state index in [9.17, 15) is 18.8 Å². The van der Waals surface area contributed by atoms with Crippen LogP contribution in [-0.2, 0) is 14.3 Å².